The zero-order chi connectivity index (χ0) is 41.9. The van der Waals surface area contributed by atoms with Gasteiger partial charge in [-0.15, -0.1) is 30.0 Å². The Morgan fingerprint density at radius 2 is 0.645 bits per heavy atom. The van der Waals surface area contributed by atoms with Gasteiger partial charge in [-0.25, -0.2) is 0 Å². The highest BCUT2D eigenvalue weighted by molar-refractivity contribution is 6.06. The molecule has 0 amide bonds. The first-order valence-corrected chi connectivity index (χ1v) is 20.9. The summed E-state index contributed by atoms with van der Waals surface area (Å²) in [4.78, 5) is 8.24. The number of anilines is 6. The van der Waals surface area contributed by atoms with Gasteiger partial charge in [0.1, 0.15) is 33.4 Å². The van der Waals surface area contributed by atoms with E-state index in [1.54, 1.807) is 9.59 Å². The number of nitrogens with zero attached hydrogens (tertiary/aromatic N) is 8. The Morgan fingerprint density at radius 3 is 1.00 bits per heavy atom. The second-order valence-electron chi connectivity index (χ2n) is 16.0. The van der Waals surface area contributed by atoms with E-state index in [-0.39, 0.29) is 0 Å². The number of aryl methyl sites for hydroxylation is 4. The van der Waals surface area contributed by atoms with Gasteiger partial charge in [-0.2, -0.15) is 0 Å². The van der Waals surface area contributed by atoms with Crippen molar-refractivity contribution in [1.29, 1.82) is 0 Å². The average molecular weight is 803 g/mol. The van der Waals surface area contributed by atoms with Crippen LogP contribution in [0.4, 0.5) is 34.1 Å². The van der Waals surface area contributed by atoms with Crippen LogP contribution in [0, 0.1) is 27.7 Å². The van der Waals surface area contributed by atoms with Gasteiger partial charge in [0.15, 0.2) is 0 Å². The van der Waals surface area contributed by atoms with E-state index in [4.69, 9.17) is 20.4 Å². The molecule has 0 radical (unpaired) electrons. The Morgan fingerprint density at radius 1 is 0.323 bits per heavy atom. The molecule has 298 valence electrons. The lowest BCUT2D eigenvalue weighted by atomic mass is 10.00. The maximum Gasteiger partial charge on any atom is 0.115 e. The Balaban J connectivity index is 1.32. The van der Waals surface area contributed by atoms with Gasteiger partial charge in [-0.1, -0.05) is 120 Å². The molecular formula is C54H42N8. The molecule has 0 spiro atoms. The van der Waals surface area contributed by atoms with Crippen molar-refractivity contribution in [1.82, 2.24) is 30.0 Å². The van der Waals surface area contributed by atoms with Crippen LogP contribution in [0.2, 0.25) is 0 Å². The predicted molar refractivity (Wildman–Crippen MR) is 255 cm³/mol. The number of hydrogen-bond donors (Lipinski definition) is 0. The first-order chi connectivity index (χ1) is 30.4. The van der Waals surface area contributed by atoms with E-state index in [0.29, 0.717) is 11.4 Å². The lowest BCUT2D eigenvalue weighted by Crippen LogP contribution is -2.20. The monoisotopic (exact) mass is 802 g/mol. The van der Waals surface area contributed by atoms with Crippen molar-refractivity contribution in [2.24, 2.45) is 0 Å². The minimum absolute atomic E-state index is 0.714. The summed E-state index contributed by atoms with van der Waals surface area (Å²) in [5.74, 6) is 0. The van der Waals surface area contributed by atoms with Crippen LogP contribution < -0.4 is 9.80 Å². The highest BCUT2D eigenvalue weighted by Crippen LogP contribution is 2.50. The van der Waals surface area contributed by atoms with Crippen LogP contribution in [0.15, 0.2) is 182 Å². The Bertz CT molecular complexity index is 3180. The van der Waals surface area contributed by atoms with Gasteiger partial charge >= 0.3 is 0 Å². The molecule has 0 aliphatic rings. The van der Waals surface area contributed by atoms with E-state index in [9.17, 15) is 0 Å². The molecule has 0 atom stereocenters. The first-order valence-electron chi connectivity index (χ1n) is 20.9. The molecule has 0 aliphatic carbocycles. The fraction of sp³-hybridized carbons (Fsp3) is 0.0741. The SMILES string of the molecule is Cc1ccc(N(c2cc(-n3nc4ccccc4n3)c(-n3nc4ccccc4n3)cc2N(c2ccc(C)cc2)c2ccc(C)c3ccccc23)c2ccc(C)c3ccccc23)cc1. The summed E-state index contributed by atoms with van der Waals surface area (Å²) < 4.78 is 0. The molecule has 0 unspecified atom stereocenters. The smallest absolute Gasteiger partial charge is 0.115 e. The molecule has 0 N–H and O–H groups in total. The lowest BCUT2D eigenvalue weighted by Gasteiger charge is -2.35. The van der Waals surface area contributed by atoms with Crippen molar-refractivity contribution in [2.45, 2.75) is 27.7 Å². The molecule has 62 heavy (non-hydrogen) atoms. The van der Waals surface area contributed by atoms with E-state index in [0.717, 1.165) is 67.0 Å². The van der Waals surface area contributed by atoms with E-state index in [2.05, 4.69) is 171 Å². The quantitative estimate of drug-likeness (QED) is 0.152. The van der Waals surface area contributed by atoms with Gasteiger partial charge in [-0.05, 0) is 122 Å². The van der Waals surface area contributed by atoms with Crippen LogP contribution in [-0.4, -0.2) is 30.0 Å². The normalized spacial score (nSPS) is 11.5. The zero-order valence-corrected chi connectivity index (χ0v) is 34.9. The van der Waals surface area contributed by atoms with E-state index in [1.165, 1.54) is 33.0 Å². The average Bonchev–Trinajstić information content (AvgIpc) is 3.95. The van der Waals surface area contributed by atoms with Crippen molar-refractivity contribution < 1.29 is 0 Å². The Labute approximate surface area is 359 Å². The molecule has 2 aromatic heterocycles. The number of benzene rings is 9. The largest absolute Gasteiger partial charge is 0.308 e. The molecule has 2 heterocycles. The summed E-state index contributed by atoms with van der Waals surface area (Å²) >= 11 is 0. The van der Waals surface area contributed by atoms with Crippen LogP contribution in [0.5, 0.6) is 0 Å². The number of hydrogen-bond acceptors (Lipinski definition) is 6. The highest BCUT2D eigenvalue weighted by Gasteiger charge is 2.29. The maximum atomic E-state index is 5.10. The van der Waals surface area contributed by atoms with Gasteiger partial charge < -0.3 is 9.80 Å². The molecule has 0 aliphatic heterocycles. The van der Waals surface area contributed by atoms with Crippen molar-refractivity contribution in [3.63, 3.8) is 0 Å². The fourth-order valence-corrected chi connectivity index (χ4v) is 8.63. The first kappa shape index (κ1) is 36.9. The van der Waals surface area contributed by atoms with Crippen LogP contribution in [-0.2, 0) is 0 Å². The molecular weight excluding hydrogens is 761 g/mol. The molecule has 0 bridgehead atoms. The minimum atomic E-state index is 0.714. The molecule has 8 heteroatoms. The van der Waals surface area contributed by atoms with Crippen LogP contribution >= 0.6 is 0 Å². The third kappa shape index (κ3) is 6.32. The number of fused-ring (bicyclic) bond motifs is 4. The standard InChI is InChI=1S/C54H42N8/c1-35-21-27-39(28-22-35)59(49-31-25-37(3)41-13-5-7-15-43(41)49)51-33-53(61-55-45-17-9-10-18-46(45)56-61)54(62-57-47-19-11-12-20-48(47)58-62)34-52(51)60(40-29-23-36(2)24-30-40)50-32-26-38(4)42-14-6-8-16-44(42)50/h5-34H,1-4H3. The number of rotatable bonds is 8. The van der Waals surface area contributed by atoms with Crippen LogP contribution in [0.1, 0.15) is 22.3 Å². The summed E-state index contributed by atoms with van der Waals surface area (Å²) in [6, 6.07) is 64.2. The van der Waals surface area contributed by atoms with Gasteiger partial charge in [-0.3, -0.25) is 0 Å². The predicted octanol–water partition coefficient (Wildman–Crippen LogP) is 13.6. The zero-order valence-electron chi connectivity index (χ0n) is 34.9. The van der Waals surface area contributed by atoms with Gasteiger partial charge in [0.25, 0.3) is 0 Å². The van der Waals surface area contributed by atoms with Crippen molar-refractivity contribution in [3.05, 3.63) is 204 Å². The van der Waals surface area contributed by atoms with Gasteiger partial charge in [0.05, 0.1) is 22.7 Å². The minimum Gasteiger partial charge on any atom is -0.308 e. The molecule has 11 aromatic rings. The van der Waals surface area contributed by atoms with Crippen LogP contribution in [0.3, 0.4) is 0 Å². The second-order valence-corrected chi connectivity index (χ2v) is 16.0. The molecule has 0 saturated carbocycles. The fourth-order valence-electron chi connectivity index (χ4n) is 8.63. The molecule has 11 rings (SSSR count). The van der Waals surface area contributed by atoms with Gasteiger partial charge in [0.2, 0.25) is 0 Å². The molecule has 9 aromatic carbocycles. The van der Waals surface area contributed by atoms with Crippen LogP contribution in [0.25, 0.3) is 55.0 Å². The van der Waals surface area contributed by atoms with Crippen molar-refractivity contribution in [2.75, 3.05) is 9.80 Å². The summed E-state index contributed by atoms with van der Waals surface area (Å²) in [6.45, 7) is 8.61. The summed E-state index contributed by atoms with van der Waals surface area (Å²) in [6.07, 6.45) is 0. The van der Waals surface area contributed by atoms with E-state index < -0.39 is 0 Å². The topological polar surface area (TPSA) is 67.9 Å². The van der Waals surface area contributed by atoms with Crippen molar-refractivity contribution in [3.8, 4) is 11.4 Å². The van der Waals surface area contributed by atoms with E-state index >= 15 is 0 Å². The lowest BCUT2D eigenvalue weighted by molar-refractivity contribution is 0.717. The van der Waals surface area contributed by atoms with E-state index in [1.807, 2.05) is 48.5 Å². The number of aromatic nitrogens is 6. The molecule has 0 saturated heterocycles. The summed E-state index contributed by atoms with van der Waals surface area (Å²) in [5, 5.41) is 25.0. The Hall–Kier alpha value is -8.10. The Kier molecular flexibility index (Phi) is 8.86. The third-order valence-corrected chi connectivity index (χ3v) is 11.9. The second kappa shape index (κ2) is 14.9. The van der Waals surface area contributed by atoms with Crippen molar-refractivity contribution >= 4 is 77.7 Å². The highest BCUT2D eigenvalue weighted by atomic mass is 15.5. The van der Waals surface area contributed by atoms with Gasteiger partial charge in [0, 0.05) is 22.1 Å². The summed E-state index contributed by atoms with van der Waals surface area (Å²) in [5.41, 5.74) is 15.2. The summed E-state index contributed by atoms with van der Waals surface area (Å²) in [7, 11) is 0. The molecule has 8 nitrogen and oxygen atoms in total. The maximum absolute atomic E-state index is 5.10. The third-order valence-electron chi connectivity index (χ3n) is 11.9. The molecule has 0 fully saturated rings.